The molecule has 2 nitrogen and oxygen atoms in total. The number of benzene rings is 2. The topological polar surface area (TPSA) is 35.2 Å². The van der Waals surface area contributed by atoms with Crippen LogP contribution in [0.25, 0.3) is 0 Å². The average molecular weight is 248 g/mol. The SMILES string of the molecule is Cc1ccc(Oc2ccc(Cl)cc2C)c(N)c1. The van der Waals surface area contributed by atoms with Crippen molar-refractivity contribution in [2.24, 2.45) is 0 Å². The zero-order valence-corrected chi connectivity index (χ0v) is 10.6. The normalized spacial score (nSPS) is 10.3. The second-order valence-electron chi connectivity index (χ2n) is 4.05. The molecule has 0 aliphatic carbocycles. The summed E-state index contributed by atoms with van der Waals surface area (Å²) in [6.45, 7) is 3.94. The van der Waals surface area contributed by atoms with Crippen LogP contribution in [-0.2, 0) is 0 Å². The van der Waals surface area contributed by atoms with Crippen LogP contribution in [0.15, 0.2) is 36.4 Å². The molecule has 2 aromatic rings. The van der Waals surface area contributed by atoms with Crippen LogP contribution < -0.4 is 10.5 Å². The first kappa shape index (κ1) is 11.8. The molecule has 0 unspecified atom stereocenters. The second-order valence-corrected chi connectivity index (χ2v) is 4.49. The van der Waals surface area contributed by atoms with Gasteiger partial charge in [-0.3, -0.25) is 0 Å². The highest BCUT2D eigenvalue weighted by Crippen LogP contribution is 2.31. The summed E-state index contributed by atoms with van der Waals surface area (Å²) in [5, 5.41) is 0.701. The number of halogens is 1. The van der Waals surface area contributed by atoms with Crippen molar-refractivity contribution in [2.45, 2.75) is 13.8 Å². The Kier molecular flexibility index (Phi) is 3.25. The molecule has 17 heavy (non-hydrogen) atoms. The van der Waals surface area contributed by atoms with Crippen LogP contribution >= 0.6 is 11.6 Å². The quantitative estimate of drug-likeness (QED) is 0.802. The summed E-state index contributed by atoms with van der Waals surface area (Å²) in [5.74, 6) is 1.44. The van der Waals surface area contributed by atoms with Crippen molar-refractivity contribution in [3.63, 3.8) is 0 Å². The lowest BCUT2D eigenvalue weighted by molar-refractivity contribution is 0.481. The van der Waals surface area contributed by atoms with Gasteiger partial charge in [-0.05, 0) is 55.3 Å². The molecule has 2 rings (SSSR count). The number of nitrogens with two attached hydrogens (primary N) is 1. The molecule has 0 radical (unpaired) electrons. The van der Waals surface area contributed by atoms with Crippen LogP contribution in [0.5, 0.6) is 11.5 Å². The van der Waals surface area contributed by atoms with E-state index in [0.29, 0.717) is 16.5 Å². The van der Waals surface area contributed by atoms with Gasteiger partial charge in [0, 0.05) is 5.02 Å². The smallest absolute Gasteiger partial charge is 0.150 e. The molecule has 2 N–H and O–H groups in total. The summed E-state index contributed by atoms with van der Waals surface area (Å²) >= 11 is 5.89. The lowest BCUT2D eigenvalue weighted by atomic mass is 10.2. The summed E-state index contributed by atoms with van der Waals surface area (Å²) in [4.78, 5) is 0. The molecule has 3 heteroatoms. The van der Waals surface area contributed by atoms with Gasteiger partial charge in [0.25, 0.3) is 0 Å². The molecule has 0 spiro atoms. The molecule has 0 atom stereocenters. The molecule has 0 heterocycles. The van der Waals surface area contributed by atoms with Crippen LogP contribution in [-0.4, -0.2) is 0 Å². The van der Waals surface area contributed by atoms with Crippen LogP contribution in [0.2, 0.25) is 5.02 Å². The summed E-state index contributed by atoms with van der Waals surface area (Å²) in [5.41, 5.74) is 8.63. The molecule has 2 aromatic carbocycles. The van der Waals surface area contributed by atoms with Gasteiger partial charge in [0.05, 0.1) is 5.69 Å². The Morgan fingerprint density at radius 3 is 2.35 bits per heavy atom. The predicted octanol–water partition coefficient (Wildman–Crippen LogP) is 4.33. The number of nitrogen functional groups attached to an aromatic ring is 1. The van der Waals surface area contributed by atoms with Gasteiger partial charge in [0.2, 0.25) is 0 Å². The molecule has 0 saturated carbocycles. The number of ether oxygens (including phenoxy) is 1. The fraction of sp³-hybridized carbons (Fsp3) is 0.143. The Labute approximate surface area is 106 Å². The first-order valence-electron chi connectivity index (χ1n) is 5.36. The van der Waals surface area contributed by atoms with E-state index in [4.69, 9.17) is 22.1 Å². The zero-order valence-electron chi connectivity index (χ0n) is 9.83. The van der Waals surface area contributed by atoms with Crippen LogP contribution in [0.1, 0.15) is 11.1 Å². The van der Waals surface area contributed by atoms with E-state index in [-0.39, 0.29) is 0 Å². The minimum absolute atomic E-state index is 0.638. The van der Waals surface area contributed by atoms with E-state index >= 15 is 0 Å². The first-order valence-corrected chi connectivity index (χ1v) is 5.74. The third-order valence-corrected chi connectivity index (χ3v) is 2.76. The lowest BCUT2D eigenvalue weighted by Crippen LogP contribution is -1.93. The fourth-order valence-corrected chi connectivity index (χ4v) is 1.83. The highest BCUT2D eigenvalue weighted by molar-refractivity contribution is 6.30. The van der Waals surface area contributed by atoms with Gasteiger partial charge >= 0.3 is 0 Å². The largest absolute Gasteiger partial charge is 0.455 e. The van der Waals surface area contributed by atoms with Gasteiger partial charge in [-0.1, -0.05) is 17.7 Å². The summed E-state index contributed by atoms with van der Waals surface area (Å²) < 4.78 is 5.77. The molecular formula is C14H14ClNO. The third-order valence-electron chi connectivity index (χ3n) is 2.52. The molecule has 0 amide bonds. The second kappa shape index (κ2) is 4.68. The molecule has 0 saturated heterocycles. The molecule has 0 fully saturated rings. The number of aryl methyl sites for hydroxylation is 2. The number of anilines is 1. The third kappa shape index (κ3) is 2.71. The van der Waals surface area contributed by atoms with E-state index in [1.165, 1.54) is 0 Å². The van der Waals surface area contributed by atoms with Crippen LogP contribution in [0, 0.1) is 13.8 Å². The van der Waals surface area contributed by atoms with Gasteiger partial charge in [-0.2, -0.15) is 0 Å². The van der Waals surface area contributed by atoms with Gasteiger partial charge in [-0.25, -0.2) is 0 Å². The maximum absolute atomic E-state index is 5.90. The molecule has 0 aliphatic heterocycles. The van der Waals surface area contributed by atoms with E-state index in [1.807, 2.05) is 44.2 Å². The van der Waals surface area contributed by atoms with Crippen molar-refractivity contribution in [3.05, 3.63) is 52.5 Å². The highest BCUT2D eigenvalue weighted by atomic mass is 35.5. The van der Waals surface area contributed by atoms with E-state index in [2.05, 4.69) is 0 Å². The number of hydrogen-bond donors (Lipinski definition) is 1. The van der Waals surface area contributed by atoms with E-state index in [0.717, 1.165) is 16.9 Å². The van der Waals surface area contributed by atoms with Crippen molar-refractivity contribution in [2.75, 3.05) is 5.73 Å². The summed E-state index contributed by atoms with van der Waals surface area (Å²) in [6.07, 6.45) is 0. The van der Waals surface area contributed by atoms with Crippen LogP contribution in [0.4, 0.5) is 5.69 Å². The monoisotopic (exact) mass is 247 g/mol. The molecule has 0 aromatic heterocycles. The van der Waals surface area contributed by atoms with E-state index in [1.54, 1.807) is 6.07 Å². The summed E-state index contributed by atoms with van der Waals surface area (Å²) in [7, 11) is 0. The Morgan fingerprint density at radius 1 is 1.00 bits per heavy atom. The Bertz CT molecular complexity index is 502. The zero-order chi connectivity index (χ0) is 12.4. The van der Waals surface area contributed by atoms with Gasteiger partial charge in [0.15, 0.2) is 0 Å². The molecule has 88 valence electrons. The van der Waals surface area contributed by atoms with Crippen molar-refractivity contribution in [3.8, 4) is 11.5 Å². The van der Waals surface area contributed by atoms with Crippen molar-refractivity contribution < 1.29 is 4.74 Å². The molecular weight excluding hydrogens is 234 g/mol. The van der Waals surface area contributed by atoms with E-state index < -0.39 is 0 Å². The van der Waals surface area contributed by atoms with Gasteiger partial charge < -0.3 is 10.5 Å². The first-order chi connectivity index (χ1) is 8.06. The number of rotatable bonds is 2. The molecule has 0 aliphatic rings. The summed E-state index contributed by atoms with van der Waals surface area (Å²) in [6, 6.07) is 11.2. The minimum atomic E-state index is 0.638. The maximum atomic E-state index is 5.90. The standard InChI is InChI=1S/C14H14ClNO/c1-9-3-5-14(12(16)7-9)17-13-6-4-11(15)8-10(13)2/h3-8H,16H2,1-2H3. The highest BCUT2D eigenvalue weighted by Gasteiger charge is 2.05. The van der Waals surface area contributed by atoms with Gasteiger partial charge in [0.1, 0.15) is 11.5 Å². The van der Waals surface area contributed by atoms with Crippen LogP contribution in [0.3, 0.4) is 0 Å². The Balaban J connectivity index is 2.31. The number of hydrogen-bond acceptors (Lipinski definition) is 2. The Hall–Kier alpha value is -1.67. The molecule has 0 bridgehead atoms. The van der Waals surface area contributed by atoms with E-state index in [9.17, 15) is 0 Å². The van der Waals surface area contributed by atoms with Gasteiger partial charge in [-0.15, -0.1) is 0 Å². The minimum Gasteiger partial charge on any atom is -0.455 e. The lowest BCUT2D eigenvalue weighted by Gasteiger charge is -2.11. The average Bonchev–Trinajstić information content (AvgIpc) is 2.25. The van der Waals surface area contributed by atoms with Crippen molar-refractivity contribution in [1.82, 2.24) is 0 Å². The van der Waals surface area contributed by atoms with Crippen molar-refractivity contribution in [1.29, 1.82) is 0 Å². The van der Waals surface area contributed by atoms with Crippen molar-refractivity contribution >= 4 is 17.3 Å². The predicted molar refractivity (Wildman–Crippen MR) is 71.9 cm³/mol. The maximum Gasteiger partial charge on any atom is 0.150 e. The fourth-order valence-electron chi connectivity index (χ4n) is 1.61. The Morgan fingerprint density at radius 2 is 1.71 bits per heavy atom.